The molecule has 1 aliphatic rings. The van der Waals surface area contributed by atoms with E-state index in [9.17, 15) is 8.42 Å². The third kappa shape index (κ3) is 3.62. The van der Waals surface area contributed by atoms with Gasteiger partial charge in [0.2, 0.25) is 10.0 Å². The zero-order valence-corrected chi connectivity index (χ0v) is 13.7. The highest BCUT2D eigenvalue weighted by atomic mass is 79.9. The highest BCUT2D eigenvalue weighted by Crippen LogP contribution is 2.26. The van der Waals surface area contributed by atoms with Crippen molar-refractivity contribution >= 4 is 26.0 Å². The van der Waals surface area contributed by atoms with Gasteiger partial charge in [-0.1, -0.05) is 6.92 Å². The molecule has 1 saturated heterocycles. The van der Waals surface area contributed by atoms with Crippen molar-refractivity contribution in [3.05, 3.63) is 16.5 Å². The smallest absolute Gasteiger partial charge is 0.245 e. The highest BCUT2D eigenvalue weighted by molar-refractivity contribution is 9.10. The first-order valence-electron chi connectivity index (χ1n) is 6.60. The minimum atomic E-state index is -3.64. The summed E-state index contributed by atoms with van der Waals surface area (Å²) in [6.45, 7) is 4.39. The van der Waals surface area contributed by atoms with Crippen molar-refractivity contribution in [2.75, 3.05) is 19.6 Å². The minimum Gasteiger partial charge on any atom is -0.450 e. The van der Waals surface area contributed by atoms with E-state index in [2.05, 4.69) is 32.5 Å². The first-order valence-corrected chi connectivity index (χ1v) is 8.87. The van der Waals surface area contributed by atoms with Gasteiger partial charge in [-0.3, -0.25) is 0 Å². The Morgan fingerprint density at radius 3 is 2.95 bits per heavy atom. The number of nitrogens with zero attached hydrogens (tertiary/aromatic N) is 1. The number of hydrogen-bond donors (Lipinski definition) is 2. The molecule has 0 aromatic carbocycles. The Balaban J connectivity index is 2.12. The Labute approximate surface area is 127 Å². The lowest BCUT2D eigenvalue weighted by Gasteiger charge is -2.31. The third-order valence-electron chi connectivity index (χ3n) is 3.43. The maximum absolute atomic E-state index is 12.3. The van der Waals surface area contributed by atoms with Crippen molar-refractivity contribution in [2.24, 2.45) is 0 Å². The Morgan fingerprint density at radius 2 is 2.35 bits per heavy atom. The van der Waals surface area contributed by atoms with Gasteiger partial charge in [0.1, 0.15) is 17.3 Å². The fraction of sp³-hybridized carbons (Fsp3) is 0.667. The first-order chi connectivity index (χ1) is 9.46. The van der Waals surface area contributed by atoms with Gasteiger partial charge in [0.25, 0.3) is 0 Å². The lowest BCUT2D eigenvalue weighted by molar-refractivity contribution is 0.211. The molecule has 0 radical (unpaired) electrons. The average molecular weight is 367 g/mol. The molecule has 0 spiro atoms. The molecule has 8 heteroatoms. The number of furan rings is 1. The van der Waals surface area contributed by atoms with Crippen LogP contribution in [0, 0.1) is 0 Å². The van der Waals surface area contributed by atoms with Crippen molar-refractivity contribution in [1.82, 2.24) is 9.62 Å². The molecular weight excluding hydrogens is 348 g/mol. The molecule has 1 fully saturated rings. The van der Waals surface area contributed by atoms with Crippen LogP contribution in [0.5, 0.6) is 0 Å². The number of aliphatic hydroxyl groups excluding tert-OH is 1. The Bertz CT molecular complexity index is 558. The van der Waals surface area contributed by atoms with Gasteiger partial charge < -0.3 is 14.4 Å². The summed E-state index contributed by atoms with van der Waals surface area (Å²) in [7, 11) is -3.64. The fourth-order valence-corrected chi connectivity index (χ4v) is 4.64. The number of likely N-dealkylation sites (tertiary alicyclic amines) is 1. The minimum absolute atomic E-state index is 0.0372. The van der Waals surface area contributed by atoms with Gasteiger partial charge in [-0.25, -0.2) is 13.1 Å². The van der Waals surface area contributed by atoms with Crippen LogP contribution in [-0.2, 0) is 16.6 Å². The van der Waals surface area contributed by atoms with Crippen LogP contribution in [0.2, 0.25) is 0 Å². The van der Waals surface area contributed by atoms with Crippen molar-refractivity contribution in [3.8, 4) is 0 Å². The van der Waals surface area contributed by atoms with E-state index in [-0.39, 0.29) is 28.0 Å². The summed E-state index contributed by atoms with van der Waals surface area (Å²) in [6.07, 6.45) is 1.81. The zero-order valence-electron chi connectivity index (χ0n) is 11.3. The molecule has 2 rings (SSSR count). The maximum Gasteiger partial charge on any atom is 0.245 e. The molecule has 0 saturated carbocycles. The summed E-state index contributed by atoms with van der Waals surface area (Å²) in [5.41, 5.74) is 0. The molecule has 2 heterocycles. The Morgan fingerprint density at radius 1 is 1.60 bits per heavy atom. The van der Waals surface area contributed by atoms with E-state index in [1.807, 2.05) is 0 Å². The van der Waals surface area contributed by atoms with Crippen LogP contribution in [0.4, 0.5) is 0 Å². The normalized spacial score (nSPS) is 21.2. The van der Waals surface area contributed by atoms with Gasteiger partial charge in [0.05, 0.1) is 0 Å². The predicted octanol–water partition coefficient (Wildman–Crippen LogP) is 1.30. The number of piperidine rings is 1. The van der Waals surface area contributed by atoms with Gasteiger partial charge >= 0.3 is 0 Å². The maximum atomic E-state index is 12.3. The van der Waals surface area contributed by atoms with Crippen LogP contribution < -0.4 is 4.72 Å². The SMILES string of the molecule is CCN1CCCC(NS(=O)(=O)c2cc(CO)oc2Br)C1. The average Bonchev–Trinajstić information content (AvgIpc) is 2.80. The first kappa shape index (κ1) is 16.0. The quantitative estimate of drug-likeness (QED) is 0.820. The molecule has 1 aromatic rings. The van der Waals surface area contributed by atoms with Crippen LogP contribution in [0.15, 0.2) is 20.0 Å². The molecule has 0 amide bonds. The van der Waals surface area contributed by atoms with E-state index in [1.54, 1.807) is 0 Å². The zero-order chi connectivity index (χ0) is 14.8. The Kier molecular flexibility index (Phi) is 5.25. The second-order valence-electron chi connectivity index (χ2n) is 4.86. The second-order valence-corrected chi connectivity index (χ2v) is 7.27. The number of halogens is 1. The van der Waals surface area contributed by atoms with Crippen LogP contribution >= 0.6 is 15.9 Å². The van der Waals surface area contributed by atoms with E-state index in [1.165, 1.54) is 6.07 Å². The van der Waals surface area contributed by atoms with Crippen molar-refractivity contribution in [1.29, 1.82) is 0 Å². The number of hydrogen-bond acceptors (Lipinski definition) is 5. The van der Waals surface area contributed by atoms with E-state index < -0.39 is 10.0 Å². The van der Waals surface area contributed by atoms with E-state index >= 15 is 0 Å². The molecule has 114 valence electrons. The van der Waals surface area contributed by atoms with Gasteiger partial charge in [-0.15, -0.1) is 0 Å². The molecule has 0 bridgehead atoms. The molecule has 2 N–H and O–H groups in total. The summed E-state index contributed by atoms with van der Waals surface area (Å²) >= 11 is 3.08. The number of rotatable bonds is 5. The predicted molar refractivity (Wildman–Crippen MR) is 77.8 cm³/mol. The topological polar surface area (TPSA) is 82.8 Å². The monoisotopic (exact) mass is 366 g/mol. The summed E-state index contributed by atoms with van der Waals surface area (Å²) in [5, 5.41) is 8.99. The lowest BCUT2D eigenvalue weighted by Crippen LogP contribution is -2.47. The fourth-order valence-electron chi connectivity index (χ4n) is 2.38. The molecular formula is C12H19BrN2O4S. The molecule has 1 atom stereocenters. The van der Waals surface area contributed by atoms with Crippen molar-refractivity contribution < 1.29 is 17.9 Å². The second kappa shape index (κ2) is 6.57. The van der Waals surface area contributed by atoms with Crippen molar-refractivity contribution in [3.63, 3.8) is 0 Å². The largest absolute Gasteiger partial charge is 0.450 e. The number of aliphatic hydroxyl groups is 1. The molecule has 1 aliphatic heterocycles. The van der Waals surface area contributed by atoms with Crippen LogP contribution in [-0.4, -0.2) is 44.1 Å². The summed E-state index contributed by atoms with van der Waals surface area (Å²) < 4.78 is 32.6. The van der Waals surface area contributed by atoms with Gasteiger partial charge in [-0.05, 0) is 41.9 Å². The molecule has 0 aliphatic carbocycles. The van der Waals surface area contributed by atoms with Crippen molar-refractivity contribution in [2.45, 2.75) is 37.3 Å². The number of likely N-dealkylation sites (N-methyl/N-ethyl adjacent to an activating group) is 1. The summed E-state index contributed by atoms with van der Waals surface area (Å²) in [6, 6.07) is 1.25. The van der Waals surface area contributed by atoms with E-state index in [0.29, 0.717) is 0 Å². The highest BCUT2D eigenvalue weighted by Gasteiger charge is 2.28. The molecule has 6 nitrogen and oxygen atoms in total. The van der Waals surface area contributed by atoms with E-state index in [0.717, 1.165) is 32.5 Å². The van der Waals surface area contributed by atoms with Crippen LogP contribution in [0.3, 0.4) is 0 Å². The lowest BCUT2D eigenvalue weighted by atomic mass is 10.1. The van der Waals surface area contributed by atoms with Crippen LogP contribution in [0.25, 0.3) is 0 Å². The summed E-state index contributed by atoms with van der Waals surface area (Å²) in [5.74, 6) is 0.219. The molecule has 1 unspecified atom stereocenters. The summed E-state index contributed by atoms with van der Waals surface area (Å²) in [4.78, 5) is 2.26. The van der Waals surface area contributed by atoms with E-state index in [4.69, 9.17) is 9.52 Å². The van der Waals surface area contributed by atoms with Gasteiger partial charge in [-0.2, -0.15) is 0 Å². The standard InChI is InChI=1S/C12H19BrN2O4S/c1-2-15-5-3-4-9(7-15)14-20(17,18)11-6-10(8-16)19-12(11)13/h6,9,14,16H,2-5,7-8H2,1H3. The molecule has 1 aromatic heterocycles. The molecule has 20 heavy (non-hydrogen) atoms. The van der Waals surface area contributed by atoms with Gasteiger partial charge in [0.15, 0.2) is 4.67 Å². The van der Waals surface area contributed by atoms with Crippen LogP contribution in [0.1, 0.15) is 25.5 Å². The number of nitrogens with one attached hydrogen (secondary N) is 1. The number of sulfonamides is 1. The third-order valence-corrected chi connectivity index (χ3v) is 5.80. The Hall–Kier alpha value is -0.410. The van der Waals surface area contributed by atoms with Gasteiger partial charge in [0, 0.05) is 18.7 Å².